The van der Waals surface area contributed by atoms with E-state index in [-0.39, 0.29) is 5.02 Å². The van der Waals surface area contributed by atoms with Crippen molar-refractivity contribution in [2.45, 2.75) is 18.8 Å². The van der Waals surface area contributed by atoms with Crippen molar-refractivity contribution in [1.29, 1.82) is 0 Å². The van der Waals surface area contributed by atoms with Gasteiger partial charge in [-0.2, -0.15) is 0 Å². The zero-order chi connectivity index (χ0) is 15.5. The predicted octanol–water partition coefficient (Wildman–Crippen LogP) is 5.75. The van der Waals surface area contributed by atoms with Gasteiger partial charge in [0.2, 0.25) is 0 Å². The van der Waals surface area contributed by atoms with Gasteiger partial charge in [-0.15, -0.1) is 23.2 Å². The molecule has 2 rings (SSSR count). The summed E-state index contributed by atoms with van der Waals surface area (Å²) >= 11 is 18.3. The number of rotatable bonds is 5. The topological polar surface area (TPSA) is 0 Å². The molecule has 0 amide bonds. The average molecular weight is 346 g/mol. The Morgan fingerprint density at radius 1 is 1.00 bits per heavy atom. The van der Waals surface area contributed by atoms with Crippen molar-refractivity contribution in [3.63, 3.8) is 0 Å². The fraction of sp³-hybridized carbons (Fsp3) is 0.294. The summed E-state index contributed by atoms with van der Waals surface area (Å²) in [4.78, 5) is 0. The first-order valence-electron chi connectivity index (χ1n) is 6.64. The molecule has 112 valence electrons. The van der Waals surface area contributed by atoms with Crippen LogP contribution in [0.2, 0.25) is 5.02 Å². The van der Waals surface area contributed by atoms with Crippen molar-refractivity contribution in [2.75, 3.05) is 11.8 Å². The van der Waals surface area contributed by atoms with Gasteiger partial charge in [0.15, 0.2) is 0 Å². The van der Waals surface area contributed by atoms with Gasteiger partial charge in [-0.05, 0) is 30.5 Å². The van der Waals surface area contributed by atoms with Crippen molar-refractivity contribution in [1.82, 2.24) is 0 Å². The minimum absolute atomic E-state index is 0.120. The highest BCUT2D eigenvalue weighted by Crippen LogP contribution is 2.33. The third-order valence-electron chi connectivity index (χ3n) is 3.74. The smallest absolute Gasteiger partial charge is 0.145 e. The normalized spacial score (nSPS) is 11.7. The number of aryl methyl sites for hydroxylation is 1. The molecule has 21 heavy (non-hydrogen) atoms. The molecular formula is C17H16Cl3F. The van der Waals surface area contributed by atoms with Crippen LogP contribution in [0, 0.1) is 12.7 Å². The first-order valence-corrected chi connectivity index (χ1v) is 8.09. The minimum Gasteiger partial charge on any atom is -0.205 e. The summed E-state index contributed by atoms with van der Waals surface area (Å²) in [5.74, 6) is 0.225. The largest absolute Gasteiger partial charge is 0.205 e. The maximum Gasteiger partial charge on any atom is 0.145 e. The van der Waals surface area contributed by atoms with Crippen LogP contribution >= 0.6 is 34.8 Å². The second-order valence-corrected chi connectivity index (χ2v) is 6.25. The molecule has 0 aliphatic rings. The number of benzene rings is 2. The third-order valence-corrected chi connectivity index (χ3v) is 5.05. The summed E-state index contributed by atoms with van der Waals surface area (Å²) in [6.45, 7) is 2.02. The van der Waals surface area contributed by atoms with Gasteiger partial charge >= 0.3 is 0 Å². The van der Waals surface area contributed by atoms with E-state index in [9.17, 15) is 4.39 Å². The number of hydrogen-bond acceptors (Lipinski definition) is 0. The fourth-order valence-electron chi connectivity index (χ4n) is 2.34. The minimum atomic E-state index is -0.512. The zero-order valence-corrected chi connectivity index (χ0v) is 13.9. The van der Waals surface area contributed by atoms with E-state index in [0.717, 1.165) is 11.1 Å². The Balaban J connectivity index is 2.43. The number of alkyl halides is 2. The molecule has 0 unspecified atom stereocenters. The van der Waals surface area contributed by atoms with Crippen LogP contribution in [0.1, 0.15) is 16.7 Å². The fourth-order valence-corrected chi connectivity index (χ4v) is 3.32. The van der Waals surface area contributed by atoms with Gasteiger partial charge in [0.1, 0.15) is 5.82 Å². The molecule has 0 aromatic heterocycles. The molecule has 2 aromatic carbocycles. The van der Waals surface area contributed by atoms with Crippen LogP contribution in [0.4, 0.5) is 4.39 Å². The van der Waals surface area contributed by atoms with E-state index in [1.807, 2.05) is 31.2 Å². The molecule has 0 atom stereocenters. The van der Waals surface area contributed by atoms with E-state index in [0.29, 0.717) is 23.7 Å². The second kappa shape index (κ2) is 7.00. The number of hydrogen-bond donors (Lipinski definition) is 0. The highest BCUT2D eigenvalue weighted by Gasteiger charge is 2.32. The van der Waals surface area contributed by atoms with Gasteiger partial charge < -0.3 is 0 Å². The molecule has 0 saturated heterocycles. The van der Waals surface area contributed by atoms with Crippen LogP contribution in [-0.2, 0) is 11.8 Å². The van der Waals surface area contributed by atoms with Crippen LogP contribution in [-0.4, -0.2) is 11.8 Å². The Hall–Kier alpha value is -0.760. The van der Waals surface area contributed by atoms with Crippen LogP contribution in [0.5, 0.6) is 0 Å². The summed E-state index contributed by atoms with van der Waals surface area (Å²) in [6, 6.07) is 13.0. The maximum absolute atomic E-state index is 14.2. The summed E-state index contributed by atoms with van der Waals surface area (Å²) < 4.78 is 14.2. The highest BCUT2D eigenvalue weighted by molar-refractivity contribution is 6.30. The van der Waals surface area contributed by atoms with Crippen molar-refractivity contribution in [3.8, 4) is 0 Å². The Bertz CT molecular complexity index is 604. The lowest BCUT2D eigenvalue weighted by Crippen LogP contribution is -2.33. The van der Waals surface area contributed by atoms with E-state index in [4.69, 9.17) is 34.8 Å². The lowest BCUT2D eigenvalue weighted by molar-refractivity contribution is 0.512. The van der Waals surface area contributed by atoms with Gasteiger partial charge in [-0.3, -0.25) is 0 Å². The molecule has 2 aromatic rings. The van der Waals surface area contributed by atoms with Crippen molar-refractivity contribution >= 4 is 34.8 Å². The van der Waals surface area contributed by atoms with Crippen LogP contribution in [0.15, 0.2) is 42.5 Å². The molecule has 0 N–H and O–H groups in total. The average Bonchev–Trinajstić information content (AvgIpc) is 2.50. The molecule has 0 nitrogen and oxygen atoms in total. The molecule has 0 aliphatic heterocycles. The Labute approximate surface area is 139 Å². The van der Waals surface area contributed by atoms with E-state index in [2.05, 4.69) is 0 Å². The second-order valence-electron chi connectivity index (χ2n) is 5.30. The molecule has 0 fully saturated rings. The van der Waals surface area contributed by atoms with E-state index >= 15 is 0 Å². The standard InChI is InChI=1S/C17H16Cl3F/c1-12-5-7-14(8-6-12)17(10-18,11-19)9-13-3-2-4-15(20)16(13)21/h2-8H,9-11H2,1H3. The van der Waals surface area contributed by atoms with Crippen molar-refractivity contribution < 1.29 is 4.39 Å². The summed E-state index contributed by atoms with van der Waals surface area (Å²) in [5, 5.41) is 0.120. The Morgan fingerprint density at radius 3 is 2.19 bits per heavy atom. The van der Waals surface area contributed by atoms with Crippen LogP contribution in [0.25, 0.3) is 0 Å². The highest BCUT2D eigenvalue weighted by atomic mass is 35.5. The monoisotopic (exact) mass is 344 g/mol. The first-order chi connectivity index (χ1) is 10.0. The summed E-state index contributed by atoms with van der Waals surface area (Å²) in [5.41, 5.74) is 2.19. The molecule has 0 heterocycles. The van der Waals surface area contributed by atoms with Crippen molar-refractivity contribution in [3.05, 3.63) is 70.0 Å². The molecule has 0 spiro atoms. The molecule has 4 heteroatoms. The molecule has 0 bridgehead atoms. The van der Waals surface area contributed by atoms with Gasteiger partial charge in [0.25, 0.3) is 0 Å². The summed E-state index contributed by atoms with van der Waals surface area (Å²) in [6.07, 6.45) is 0.412. The van der Waals surface area contributed by atoms with E-state index in [1.165, 1.54) is 6.07 Å². The van der Waals surface area contributed by atoms with E-state index < -0.39 is 11.2 Å². The van der Waals surface area contributed by atoms with Gasteiger partial charge in [-0.25, -0.2) is 4.39 Å². The zero-order valence-electron chi connectivity index (χ0n) is 11.7. The quantitative estimate of drug-likeness (QED) is 0.606. The molecule has 0 radical (unpaired) electrons. The summed E-state index contributed by atoms with van der Waals surface area (Å²) in [7, 11) is 0. The van der Waals surface area contributed by atoms with Gasteiger partial charge in [0, 0.05) is 17.2 Å². The molecule has 0 saturated carbocycles. The van der Waals surface area contributed by atoms with Crippen LogP contribution in [0.3, 0.4) is 0 Å². The Morgan fingerprint density at radius 2 is 1.62 bits per heavy atom. The Kier molecular flexibility index (Phi) is 5.54. The molecular weight excluding hydrogens is 330 g/mol. The lowest BCUT2D eigenvalue weighted by Gasteiger charge is -2.31. The van der Waals surface area contributed by atoms with E-state index in [1.54, 1.807) is 12.1 Å². The van der Waals surface area contributed by atoms with Crippen LogP contribution < -0.4 is 0 Å². The SMILES string of the molecule is Cc1ccc(C(CCl)(CCl)Cc2cccc(Cl)c2F)cc1. The number of halogens is 4. The molecule has 0 aliphatic carbocycles. The van der Waals surface area contributed by atoms with Gasteiger partial charge in [0.05, 0.1) is 5.02 Å². The van der Waals surface area contributed by atoms with Gasteiger partial charge in [-0.1, -0.05) is 53.6 Å². The predicted molar refractivity (Wildman–Crippen MR) is 89.4 cm³/mol. The maximum atomic E-state index is 14.2. The third kappa shape index (κ3) is 3.53. The lowest BCUT2D eigenvalue weighted by atomic mass is 9.78. The first kappa shape index (κ1) is 16.6. The van der Waals surface area contributed by atoms with Crippen molar-refractivity contribution in [2.24, 2.45) is 0 Å².